The lowest BCUT2D eigenvalue weighted by molar-refractivity contribution is -0.163. The number of hydrogen-bond acceptors (Lipinski definition) is 8. The predicted molar refractivity (Wildman–Crippen MR) is 159 cm³/mol. The molecular weight excluding hydrogens is 550 g/mol. The summed E-state index contributed by atoms with van der Waals surface area (Å²) in [4.78, 5) is 45.8. The molecule has 11 heteroatoms. The van der Waals surface area contributed by atoms with Crippen molar-refractivity contribution in [1.29, 1.82) is 0 Å². The molecule has 6 atom stereocenters. The second kappa shape index (κ2) is 12.2. The second-order valence-corrected chi connectivity index (χ2v) is 12.5. The molecule has 1 aromatic carbocycles. The van der Waals surface area contributed by atoms with E-state index in [1.807, 2.05) is 51.1 Å². The van der Waals surface area contributed by atoms with Crippen LogP contribution in [0.2, 0.25) is 0 Å². The van der Waals surface area contributed by atoms with Crippen molar-refractivity contribution in [1.82, 2.24) is 24.8 Å². The fourth-order valence-corrected chi connectivity index (χ4v) is 7.36. The highest BCUT2D eigenvalue weighted by Gasteiger charge is 2.79. The fourth-order valence-electron chi connectivity index (χ4n) is 7.36. The monoisotopic (exact) mass is 593 g/mol. The number of allylic oxidation sites excluding steroid dienone is 1. The van der Waals surface area contributed by atoms with Crippen molar-refractivity contribution in [3.63, 3.8) is 0 Å². The minimum atomic E-state index is -1.23. The van der Waals surface area contributed by atoms with E-state index in [1.165, 1.54) is 4.90 Å². The SMILES string of the molecule is C=CCCCCOC(=O)[C@H]1[C@H]2C(=O)N([C@@H](CO)C(C)C)C(C(=O)N(CC=C)Cn3nnc4ccccc43)C23CC[C@]1(C)O3. The Hall–Kier alpha value is -3.57. The topological polar surface area (TPSA) is 127 Å². The van der Waals surface area contributed by atoms with Crippen LogP contribution in [-0.4, -0.2) is 90.7 Å². The predicted octanol–water partition coefficient (Wildman–Crippen LogP) is 3.08. The van der Waals surface area contributed by atoms with E-state index in [0.717, 1.165) is 18.4 Å². The number of likely N-dealkylation sites (tertiary alicyclic amines) is 1. The first-order valence-electron chi connectivity index (χ1n) is 15.2. The molecule has 2 unspecified atom stereocenters. The number of aliphatic hydroxyl groups is 1. The zero-order valence-corrected chi connectivity index (χ0v) is 25.4. The van der Waals surface area contributed by atoms with Crippen LogP contribution in [0.1, 0.15) is 52.9 Å². The van der Waals surface area contributed by atoms with Gasteiger partial charge in [-0.05, 0) is 57.1 Å². The number of aromatic nitrogens is 3. The minimum absolute atomic E-state index is 0.0730. The van der Waals surface area contributed by atoms with Crippen molar-refractivity contribution in [2.24, 2.45) is 17.8 Å². The standard InChI is InChI=1S/C32H43N5O6/c1-6-8-9-12-18-42-30(41)26-25-28(39)37(24(19-38)21(3)4)27(32(25)16-15-31(26,5)43-32)29(40)35(17-7-2)20-36-23-14-11-10-13-22(23)33-34-36/h6-7,10-11,13-14,21,24-27,38H,1-2,8-9,12,15-20H2,3-5H3/t24-,25-,26+,27?,31-,32?/m0/s1. The van der Waals surface area contributed by atoms with Crippen LogP contribution in [0.25, 0.3) is 11.0 Å². The molecule has 1 spiro atoms. The Morgan fingerprint density at radius 1 is 1.23 bits per heavy atom. The molecule has 3 saturated heterocycles. The molecule has 5 rings (SSSR count). The Morgan fingerprint density at radius 3 is 2.70 bits per heavy atom. The number of carbonyl (C=O) groups excluding carboxylic acids is 3. The number of ether oxygens (including phenoxy) is 2. The molecule has 2 aromatic rings. The molecule has 3 aliphatic rings. The van der Waals surface area contributed by atoms with Gasteiger partial charge in [0.05, 0.1) is 36.3 Å². The first kappa shape index (κ1) is 30.9. The van der Waals surface area contributed by atoms with Gasteiger partial charge in [0, 0.05) is 6.54 Å². The smallest absolute Gasteiger partial charge is 0.312 e. The van der Waals surface area contributed by atoms with E-state index < -0.39 is 41.1 Å². The molecule has 1 N–H and O–H groups in total. The number of fused-ring (bicyclic) bond motifs is 2. The maximum Gasteiger partial charge on any atom is 0.312 e. The van der Waals surface area contributed by atoms with Gasteiger partial charge >= 0.3 is 5.97 Å². The first-order chi connectivity index (χ1) is 20.6. The molecule has 2 bridgehead atoms. The number of carbonyl (C=O) groups is 3. The summed E-state index contributed by atoms with van der Waals surface area (Å²) in [5, 5.41) is 19.0. The summed E-state index contributed by atoms with van der Waals surface area (Å²) in [5.74, 6) is -3.09. The summed E-state index contributed by atoms with van der Waals surface area (Å²) in [7, 11) is 0. The lowest BCUT2D eigenvalue weighted by atomic mass is 9.66. The first-order valence-corrected chi connectivity index (χ1v) is 15.2. The average Bonchev–Trinajstić information content (AvgIpc) is 3.68. The Labute approximate surface area is 252 Å². The lowest BCUT2D eigenvalue weighted by Crippen LogP contribution is -2.59. The lowest BCUT2D eigenvalue weighted by Gasteiger charge is -2.40. The highest BCUT2D eigenvalue weighted by atomic mass is 16.6. The van der Waals surface area contributed by atoms with E-state index in [-0.39, 0.29) is 44.2 Å². The molecule has 0 saturated carbocycles. The average molecular weight is 594 g/mol. The zero-order chi connectivity index (χ0) is 30.9. The van der Waals surface area contributed by atoms with Gasteiger partial charge in [-0.2, -0.15) is 0 Å². The summed E-state index contributed by atoms with van der Waals surface area (Å²) in [5.41, 5.74) is -0.721. The van der Waals surface area contributed by atoms with Crippen LogP contribution in [0.5, 0.6) is 0 Å². The molecule has 0 radical (unpaired) electrons. The molecule has 0 aliphatic carbocycles. The third-order valence-electron chi connectivity index (χ3n) is 9.45. The third-order valence-corrected chi connectivity index (χ3v) is 9.45. The number of hydrogen-bond donors (Lipinski definition) is 1. The summed E-state index contributed by atoms with van der Waals surface area (Å²) in [6.07, 6.45) is 6.75. The number of aliphatic hydroxyl groups excluding tert-OH is 1. The molecule has 3 fully saturated rings. The maximum absolute atomic E-state index is 14.7. The number of nitrogens with zero attached hydrogens (tertiary/aromatic N) is 5. The normalized spacial score (nSPS) is 28.3. The molecule has 11 nitrogen and oxygen atoms in total. The molecule has 232 valence electrons. The molecule has 3 aliphatic heterocycles. The van der Waals surface area contributed by atoms with Crippen molar-refractivity contribution in [2.75, 3.05) is 19.8 Å². The van der Waals surface area contributed by atoms with Gasteiger partial charge in [0.1, 0.15) is 29.7 Å². The maximum atomic E-state index is 14.7. The van der Waals surface area contributed by atoms with Crippen molar-refractivity contribution in [3.05, 3.63) is 49.6 Å². The van der Waals surface area contributed by atoms with E-state index in [1.54, 1.807) is 15.7 Å². The molecule has 43 heavy (non-hydrogen) atoms. The van der Waals surface area contributed by atoms with Crippen LogP contribution in [0.4, 0.5) is 0 Å². The van der Waals surface area contributed by atoms with Gasteiger partial charge in [-0.1, -0.05) is 43.3 Å². The number of para-hydroxylation sites is 1. The van der Waals surface area contributed by atoms with Crippen LogP contribution in [0.15, 0.2) is 49.6 Å². The Balaban J connectivity index is 1.51. The van der Waals surface area contributed by atoms with Gasteiger partial charge in [-0.25, -0.2) is 4.68 Å². The van der Waals surface area contributed by atoms with Gasteiger partial charge < -0.3 is 24.4 Å². The zero-order valence-electron chi connectivity index (χ0n) is 25.4. The van der Waals surface area contributed by atoms with Crippen LogP contribution in [0, 0.1) is 17.8 Å². The summed E-state index contributed by atoms with van der Waals surface area (Å²) in [6, 6.07) is 5.77. The molecule has 4 heterocycles. The van der Waals surface area contributed by atoms with Gasteiger partial charge in [-0.15, -0.1) is 18.3 Å². The molecule has 2 amide bonds. The largest absolute Gasteiger partial charge is 0.465 e. The van der Waals surface area contributed by atoms with Crippen LogP contribution in [0.3, 0.4) is 0 Å². The highest BCUT2D eigenvalue weighted by molar-refractivity contribution is 5.98. The van der Waals surface area contributed by atoms with Crippen molar-refractivity contribution in [2.45, 2.75) is 82.8 Å². The Morgan fingerprint density at radius 2 is 2.00 bits per heavy atom. The Bertz CT molecular complexity index is 1390. The van der Waals surface area contributed by atoms with Gasteiger partial charge in [0.25, 0.3) is 0 Å². The third kappa shape index (κ3) is 5.16. The van der Waals surface area contributed by atoms with Crippen molar-refractivity contribution < 1.29 is 29.0 Å². The van der Waals surface area contributed by atoms with E-state index in [9.17, 15) is 19.5 Å². The summed E-state index contributed by atoms with van der Waals surface area (Å²) in [6.45, 7) is 13.4. The van der Waals surface area contributed by atoms with Crippen molar-refractivity contribution in [3.8, 4) is 0 Å². The van der Waals surface area contributed by atoms with E-state index in [4.69, 9.17) is 9.47 Å². The van der Waals surface area contributed by atoms with Gasteiger partial charge in [0.15, 0.2) is 0 Å². The quantitative estimate of drug-likeness (QED) is 0.201. The van der Waals surface area contributed by atoms with Gasteiger partial charge in [-0.3, -0.25) is 14.4 Å². The summed E-state index contributed by atoms with van der Waals surface area (Å²) < 4.78 is 14.1. The van der Waals surface area contributed by atoms with Crippen molar-refractivity contribution >= 4 is 28.8 Å². The van der Waals surface area contributed by atoms with E-state index >= 15 is 0 Å². The second-order valence-electron chi connectivity index (χ2n) is 12.5. The van der Waals surface area contributed by atoms with E-state index in [0.29, 0.717) is 24.8 Å². The van der Waals surface area contributed by atoms with Crippen LogP contribution < -0.4 is 0 Å². The minimum Gasteiger partial charge on any atom is -0.465 e. The number of unbranched alkanes of at least 4 members (excludes halogenated alkanes) is 2. The molecular formula is C32H43N5O6. The van der Waals surface area contributed by atoms with Gasteiger partial charge in [0.2, 0.25) is 11.8 Å². The number of benzene rings is 1. The summed E-state index contributed by atoms with van der Waals surface area (Å²) >= 11 is 0. The number of amides is 2. The van der Waals surface area contributed by atoms with Crippen LogP contribution >= 0.6 is 0 Å². The molecule has 1 aromatic heterocycles. The van der Waals surface area contributed by atoms with Crippen LogP contribution in [-0.2, 0) is 30.5 Å². The van der Waals surface area contributed by atoms with E-state index in [2.05, 4.69) is 23.5 Å². The number of rotatable bonds is 14. The fraction of sp³-hybridized carbons (Fsp3) is 0.594. The highest BCUT2D eigenvalue weighted by Crippen LogP contribution is 2.64. The number of esters is 1. The Kier molecular flexibility index (Phi) is 8.76.